The van der Waals surface area contributed by atoms with Crippen molar-refractivity contribution in [3.63, 3.8) is 0 Å². The number of ether oxygens (including phenoxy) is 1. The fraction of sp³-hybridized carbons (Fsp3) is 0.353. The monoisotopic (exact) mass is 345 g/mol. The number of piperidine rings is 1. The van der Waals surface area contributed by atoms with Crippen LogP contribution in [-0.4, -0.2) is 57.7 Å². The molecule has 1 aromatic heterocycles. The lowest BCUT2D eigenvalue weighted by atomic mass is 10.1. The van der Waals surface area contributed by atoms with E-state index in [0.29, 0.717) is 29.7 Å². The Morgan fingerprint density at radius 3 is 2.92 bits per heavy atom. The molecule has 1 atom stereocenters. The van der Waals surface area contributed by atoms with Gasteiger partial charge in [-0.3, -0.25) is 14.6 Å². The van der Waals surface area contributed by atoms with Crippen LogP contribution in [0.1, 0.15) is 23.2 Å². The molecule has 2 aromatic rings. The van der Waals surface area contributed by atoms with Gasteiger partial charge in [0.25, 0.3) is 5.91 Å². The standard InChI is InChI=1S/C17H19N3O5/c18-17(24)12-6-13-11(7-14(12)22)15(3-4-19-13)25-10-2-1-5-20(8-10)16(23)9-21/h3-4,6-7,10,21-22H,1-2,5,8-9H2,(H2,18,24). The van der Waals surface area contributed by atoms with Crippen molar-refractivity contribution in [3.05, 3.63) is 30.0 Å². The SMILES string of the molecule is NC(=O)c1cc2nccc(OC3CCCN(C(=O)CO)C3)c2cc1O. The Balaban J connectivity index is 1.87. The number of fused-ring (bicyclic) bond motifs is 1. The average Bonchev–Trinajstić information content (AvgIpc) is 2.61. The first-order chi connectivity index (χ1) is 12.0. The maximum atomic E-state index is 11.7. The Kier molecular flexibility index (Phi) is 4.71. The van der Waals surface area contributed by atoms with Gasteiger partial charge in [0, 0.05) is 18.1 Å². The molecular weight excluding hydrogens is 326 g/mol. The summed E-state index contributed by atoms with van der Waals surface area (Å²) in [4.78, 5) is 28.7. The number of benzene rings is 1. The Bertz CT molecular complexity index is 823. The first-order valence-corrected chi connectivity index (χ1v) is 7.96. The van der Waals surface area contributed by atoms with Crippen LogP contribution in [-0.2, 0) is 4.79 Å². The molecule has 0 spiro atoms. The van der Waals surface area contributed by atoms with Gasteiger partial charge < -0.3 is 25.6 Å². The molecule has 0 bridgehead atoms. The minimum Gasteiger partial charge on any atom is -0.507 e. The van der Waals surface area contributed by atoms with Gasteiger partial charge in [-0.25, -0.2) is 0 Å². The van der Waals surface area contributed by atoms with Gasteiger partial charge in [0.05, 0.1) is 17.6 Å². The van der Waals surface area contributed by atoms with Gasteiger partial charge in [0.15, 0.2) is 0 Å². The van der Waals surface area contributed by atoms with E-state index in [2.05, 4.69) is 4.98 Å². The number of aromatic nitrogens is 1. The Morgan fingerprint density at radius 2 is 2.20 bits per heavy atom. The summed E-state index contributed by atoms with van der Waals surface area (Å²) in [6, 6.07) is 4.48. The number of carbonyl (C=O) groups excluding carboxylic acids is 2. The van der Waals surface area contributed by atoms with Gasteiger partial charge in [-0.2, -0.15) is 0 Å². The molecular formula is C17H19N3O5. The molecule has 3 rings (SSSR count). The van der Waals surface area contributed by atoms with Crippen molar-refractivity contribution < 1.29 is 24.5 Å². The van der Waals surface area contributed by atoms with Crippen molar-refractivity contribution in [2.45, 2.75) is 18.9 Å². The van der Waals surface area contributed by atoms with Crippen molar-refractivity contribution >= 4 is 22.7 Å². The number of nitrogens with two attached hydrogens (primary N) is 1. The van der Waals surface area contributed by atoms with E-state index in [9.17, 15) is 14.7 Å². The number of hydrogen-bond acceptors (Lipinski definition) is 6. The second-order valence-corrected chi connectivity index (χ2v) is 5.94. The van der Waals surface area contributed by atoms with Crippen LogP contribution in [0, 0.1) is 0 Å². The van der Waals surface area contributed by atoms with E-state index < -0.39 is 12.5 Å². The van der Waals surface area contributed by atoms with E-state index in [-0.39, 0.29) is 23.3 Å². The van der Waals surface area contributed by atoms with Gasteiger partial charge in [0.2, 0.25) is 5.91 Å². The summed E-state index contributed by atoms with van der Waals surface area (Å²) >= 11 is 0. The summed E-state index contributed by atoms with van der Waals surface area (Å²) in [7, 11) is 0. The lowest BCUT2D eigenvalue weighted by Gasteiger charge is -2.32. The number of pyridine rings is 1. The Labute approximate surface area is 143 Å². The minimum absolute atomic E-state index is 0.00506. The second kappa shape index (κ2) is 6.94. The number of amides is 2. The Hall–Kier alpha value is -2.87. The summed E-state index contributed by atoms with van der Waals surface area (Å²) in [5.41, 5.74) is 5.70. The quantitative estimate of drug-likeness (QED) is 0.736. The maximum Gasteiger partial charge on any atom is 0.252 e. The maximum absolute atomic E-state index is 11.7. The Morgan fingerprint density at radius 1 is 1.40 bits per heavy atom. The number of nitrogens with zero attached hydrogens (tertiary/aromatic N) is 2. The van der Waals surface area contributed by atoms with E-state index in [4.69, 9.17) is 15.6 Å². The third kappa shape index (κ3) is 3.48. The van der Waals surface area contributed by atoms with E-state index in [1.807, 2.05) is 0 Å². The topological polar surface area (TPSA) is 126 Å². The summed E-state index contributed by atoms with van der Waals surface area (Å²) in [5.74, 6) is -0.798. The highest BCUT2D eigenvalue weighted by Crippen LogP contribution is 2.31. The number of carbonyl (C=O) groups is 2. The number of likely N-dealkylation sites (tertiary alicyclic amines) is 1. The molecule has 1 aromatic carbocycles. The first kappa shape index (κ1) is 17.0. The normalized spacial score (nSPS) is 17.5. The molecule has 4 N–H and O–H groups in total. The van der Waals surface area contributed by atoms with Crippen molar-refractivity contribution in [1.82, 2.24) is 9.88 Å². The van der Waals surface area contributed by atoms with Crippen LogP contribution >= 0.6 is 0 Å². The molecule has 132 valence electrons. The molecule has 2 amide bonds. The highest BCUT2D eigenvalue weighted by Gasteiger charge is 2.25. The largest absolute Gasteiger partial charge is 0.507 e. The molecule has 1 aliphatic rings. The summed E-state index contributed by atoms with van der Waals surface area (Å²) < 4.78 is 6.01. The van der Waals surface area contributed by atoms with Gasteiger partial charge in [-0.1, -0.05) is 0 Å². The molecule has 0 radical (unpaired) electrons. The number of aliphatic hydroxyl groups excluding tert-OH is 1. The zero-order chi connectivity index (χ0) is 18.0. The summed E-state index contributed by atoms with van der Waals surface area (Å²) in [6.07, 6.45) is 2.85. The number of aromatic hydroxyl groups is 1. The van der Waals surface area contributed by atoms with Crippen molar-refractivity contribution in [2.24, 2.45) is 5.73 Å². The molecule has 8 heteroatoms. The van der Waals surface area contributed by atoms with E-state index >= 15 is 0 Å². The van der Waals surface area contributed by atoms with E-state index in [0.717, 1.165) is 12.8 Å². The fourth-order valence-electron chi connectivity index (χ4n) is 3.00. The zero-order valence-corrected chi connectivity index (χ0v) is 13.5. The number of aliphatic hydroxyl groups is 1. The van der Waals surface area contributed by atoms with Crippen molar-refractivity contribution in [3.8, 4) is 11.5 Å². The number of primary amides is 1. The average molecular weight is 345 g/mol. The smallest absolute Gasteiger partial charge is 0.252 e. The van der Waals surface area contributed by atoms with Gasteiger partial charge >= 0.3 is 0 Å². The highest BCUT2D eigenvalue weighted by molar-refractivity contribution is 6.00. The van der Waals surface area contributed by atoms with Crippen LogP contribution in [0.25, 0.3) is 10.9 Å². The van der Waals surface area contributed by atoms with Gasteiger partial charge in [-0.15, -0.1) is 0 Å². The third-order valence-electron chi connectivity index (χ3n) is 4.24. The third-order valence-corrected chi connectivity index (χ3v) is 4.24. The summed E-state index contributed by atoms with van der Waals surface area (Å²) in [6.45, 7) is 0.461. The van der Waals surface area contributed by atoms with Crippen molar-refractivity contribution in [1.29, 1.82) is 0 Å². The van der Waals surface area contributed by atoms with Crippen LogP contribution in [0.15, 0.2) is 24.4 Å². The minimum atomic E-state index is -0.738. The molecule has 25 heavy (non-hydrogen) atoms. The zero-order valence-electron chi connectivity index (χ0n) is 13.5. The first-order valence-electron chi connectivity index (χ1n) is 7.96. The fourth-order valence-corrected chi connectivity index (χ4v) is 3.00. The molecule has 0 aliphatic carbocycles. The van der Waals surface area contributed by atoms with Crippen molar-refractivity contribution in [2.75, 3.05) is 19.7 Å². The van der Waals surface area contributed by atoms with Crippen LogP contribution in [0.5, 0.6) is 11.5 Å². The molecule has 1 fully saturated rings. The number of hydrogen-bond donors (Lipinski definition) is 3. The summed E-state index contributed by atoms with van der Waals surface area (Å²) in [5, 5.41) is 19.5. The number of rotatable bonds is 4. The molecule has 2 heterocycles. The van der Waals surface area contributed by atoms with Gasteiger partial charge in [0.1, 0.15) is 24.2 Å². The van der Waals surface area contributed by atoms with Crippen LogP contribution in [0.2, 0.25) is 0 Å². The van der Waals surface area contributed by atoms with Gasteiger partial charge in [-0.05, 0) is 31.0 Å². The molecule has 1 saturated heterocycles. The van der Waals surface area contributed by atoms with Crippen LogP contribution in [0.3, 0.4) is 0 Å². The van der Waals surface area contributed by atoms with E-state index in [1.165, 1.54) is 12.1 Å². The van der Waals surface area contributed by atoms with Crippen LogP contribution < -0.4 is 10.5 Å². The lowest BCUT2D eigenvalue weighted by molar-refractivity contribution is -0.136. The molecule has 1 unspecified atom stereocenters. The second-order valence-electron chi connectivity index (χ2n) is 5.94. The molecule has 0 saturated carbocycles. The molecule has 8 nitrogen and oxygen atoms in total. The van der Waals surface area contributed by atoms with E-state index in [1.54, 1.807) is 17.2 Å². The van der Waals surface area contributed by atoms with Crippen LogP contribution in [0.4, 0.5) is 0 Å². The number of phenols is 1. The molecule has 1 aliphatic heterocycles. The highest BCUT2D eigenvalue weighted by atomic mass is 16.5. The lowest BCUT2D eigenvalue weighted by Crippen LogP contribution is -2.45. The predicted octanol–water partition coefficient (Wildman–Crippen LogP) is 0.401. The predicted molar refractivity (Wildman–Crippen MR) is 89.2 cm³/mol.